The minimum absolute atomic E-state index is 0.201. The van der Waals surface area contributed by atoms with Crippen molar-refractivity contribution in [1.29, 1.82) is 0 Å². The Kier molecular flexibility index (Phi) is 5.04. The standard InChI is InChI=1S/C20H25N3O/c1-3-16-8-6-7-15(2)19(16)22-20(24)21-17-9-11-18(12-10-17)23-13-4-5-14-23/h6-12H,3-5,13-14H2,1-2H3,(H2,21,22,24). The molecular weight excluding hydrogens is 298 g/mol. The number of rotatable bonds is 4. The number of hydrogen-bond acceptors (Lipinski definition) is 2. The third-order valence-corrected chi connectivity index (χ3v) is 4.57. The van der Waals surface area contributed by atoms with Crippen LogP contribution in [-0.2, 0) is 6.42 Å². The van der Waals surface area contributed by atoms with Crippen molar-refractivity contribution in [3.8, 4) is 0 Å². The van der Waals surface area contributed by atoms with Gasteiger partial charge in [-0.3, -0.25) is 0 Å². The van der Waals surface area contributed by atoms with Gasteiger partial charge >= 0.3 is 6.03 Å². The number of hydrogen-bond donors (Lipinski definition) is 2. The van der Waals surface area contributed by atoms with Gasteiger partial charge in [-0.2, -0.15) is 0 Å². The van der Waals surface area contributed by atoms with E-state index in [0.717, 1.165) is 42.0 Å². The molecule has 0 aliphatic carbocycles. The first-order valence-corrected chi connectivity index (χ1v) is 8.69. The topological polar surface area (TPSA) is 44.4 Å². The van der Waals surface area contributed by atoms with E-state index in [1.807, 2.05) is 37.3 Å². The fourth-order valence-electron chi connectivity index (χ4n) is 3.21. The Morgan fingerprint density at radius 2 is 1.75 bits per heavy atom. The summed E-state index contributed by atoms with van der Waals surface area (Å²) in [7, 11) is 0. The van der Waals surface area contributed by atoms with Crippen molar-refractivity contribution < 1.29 is 4.79 Å². The van der Waals surface area contributed by atoms with Gasteiger partial charge in [0, 0.05) is 30.2 Å². The van der Waals surface area contributed by atoms with Gasteiger partial charge in [0.15, 0.2) is 0 Å². The summed E-state index contributed by atoms with van der Waals surface area (Å²) in [5, 5.41) is 5.91. The number of nitrogens with zero attached hydrogens (tertiary/aromatic N) is 1. The highest BCUT2D eigenvalue weighted by molar-refractivity contribution is 6.00. The van der Waals surface area contributed by atoms with Gasteiger partial charge in [-0.15, -0.1) is 0 Å². The lowest BCUT2D eigenvalue weighted by Crippen LogP contribution is -2.21. The minimum atomic E-state index is -0.201. The molecular formula is C20H25N3O. The monoisotopic (exact) mass is 323 g/mol. The largest absolute Gasteiger partial charge is 0.372 e. The molecule has 3 rings (SSSR count). The molecule has 126 valence electrons. The number of carbonyl (C=O) groups excluding carboxylic acids is 1. The number of aryl methyl sites for hydroxylation is 2. The Labute approximate surface area is 143 Å². The predicted molar refractivity (Wildman–Crippen MR) is 101 cm³/mol. The van der Waals surface area contributed by atoms with Gasteiger partial charge in [0.1, 0.15) is 0 Å². The Hall–Kier alpha value is -2.49. The van der Waals surface area contributed by atoms with Gasteiger partial charge in [0.2, 0.25) is 0 Å². The summed E-state index contributed by atoms with van der Waals surface area (Å²) in [4.78, 5) is 14.7. The van der Waals surface area contributed by atoms with E-state index in [1.54, 1.807) is 0 Å². The average molecular weight is 323 g/mol. The van der Waals surface area contributed by atoms with E-state index >= 15 is 0 Å². The van der Waals surface area contributed by atoms with E-state index in [-0.39, 0.29) is 6.03 Å². The Bertz CT molecular complexity index is 703. The first-order valence-electron chi connectivity index (χ1n) is 8.69. The van der Waals surface area contributed by atoms with E-state index in [4.69, 9.17) is 0 Å². The molecule has 0 atom stereocenters. The van der Waals surface area contributed by atoms with Crippen molar-refractivity contribution >= 4 is 23.1 Å². The molecule has 2 N–H and O–H groups in total. The normalized spacial score (nSPS) is 13.8. The maximum absolute atomic E-state index is 12.3. The molecule has 1 fully saturated rings. The number of carbonyl (C=O) groups is 1. The number of nitrogens with one attached hydrogen (secondary N) is 2. The lowest BCUT2D eigenvalue weighted by molar-refractivity contribution is 0.262. The number of anilines is 3. The zero-order valence-electron chi connectivity index (χ0n) is 14.4. The molecule has 2 aromatic rings. The third kappa shape index (κ3) is 3.70. The van der Waals surface area contributed by atoms with E-state index in [2.05, 4.69) is 34.6 Å². The maximum Gasteiger partial charge on any atom is 0.323 e. The molecule has 4 heteroatoms. The summed E-state index contributed by atoms with van der Waals surface area (Å²) < 4.78 is 0. The van der Waals surface area contributed by atoms with Gasteiger partial charge < -0.3 is 15.5 Å². The fraction of sp³-hybridized carbons (Fsp3) is 0.350. The summed E-state index contributed by atoms with van der Waals surface area (Å²) in [6, 6.07) is 14.0. The number of para-hydroxylation sites is 1. The van der Waals surface area contributed by atoms with Crippen LogP contribution < -0.4 is 15.5 Å². The summed E-state index contributed by atoms with van der Waals surface area (Å²) in [5.74, 6) is 0. The Balaban J connectivity index is 1.65. The molecule has 0 unspecified atom stereocenters. The van der Waals surface area contributed by atoms with Crippen molar-refractivity contribution in [1.82, 2.24) is 0 Å². The predicted octanol–water partition coefficient (Wildman–Crippen LogP) is 4.80. The lowest BCUT2D eigenvalue weighted by atomic mass is 10.1. The molecule has 4 nitrogen and oxygen atoms in total. The Morgan fingerprint density at radius 1 is 1.04 bits per heavy atom. The van der Waals surface area contributed by atoms with Crippen molar-refractivity contribution in [2.45, 2.75) is 33.1 Å². The van der Waals surface area contributed by atoms with Gasteiger partial charge in [0.05, 0.1) is 0 Å². The molecule has 0 radical (unpaired) electrons. The van der Waals surface area contributed by atoms with Gasteiger partial charge in [-0.05, 0) is 61.6 Å². The maximum atomic E-state index is 12.3. The van der Waals surface area contributed by atoms with E-state index in [0.29, 0.717) is 0 Å². The molecule has 0 saturated carbocycles. The van der Waals surface area contributed by atoms with Gasteiger partial charge in [-0.25, -0.2) is 4.79 Å². The second kappa shape index (κ2) is 7.39. The molecule has 1 saturated heterocycles. The highest BCUT2D eigenvalue weighted by Gasteiger charge is 2.12. The van der Waals surface area contributed by atoms with Crippen molar-refractivity contribution in [3.05, 3.63) is 53.6 Å². The van der Waals surface area contributed by atoms with Crippen LogP contribution in [0.4, 0.5) is 21.9 Å². The zero-order valence-corrected chi connectivity index (χ0v) is 14.4. The fourth-order valence-corrected chi connectivity index (χ4v) is 3.21. The minimum Gasteiger partial charge on any atom is -0.372 e. The SMILES string of the molecule is CCc1cccc(C)c1NC(=O)Nc1ccc(N2CCCC2)cc1. The van der Waals surface area contributed by atoms with Crippen molar-refractivity contribution in [2.75, 3.05) is 28.6 Å². The van der Waals surface area contributed by atoms with Crippen LogP contribution in [-0.4, -0.2) is 19.1 Å². The van der Waals surface area contributed by atoms with Crippen LogP contribution in [0.5, 0.6) is 0 Å². The first kappa shape index (κ1) is 16.4. The van der Waals surface area contributed by atoms with Crippen molar-refractivity contribution in [2.24, 2.45) is 0 Å². The molecule has 0 bridgehead atoms. The van der Waals surface area contributed by atoms with E-state index < -0.39 is 0 Å². The van der Waals surface area contributed by atoms with Crippen LogP contribution in [0.2, 0.25) is 0 Å². The molecule has 0 aromatic heterocycles. The highest BCUT2D eigenvalue weighted by Crippen LogP contribution is 2.23. The average Bonchev–Trinajstić information content (AvgIpc) is 3.12. The second-order valence-electron chi connectivity index (χ2n) is 6.28. The number of benzene rings is 2. The molecule has 2 amide bonds. The van der Waals surface area contributed by atoms with Crippen molar-refractivity contribution in [3.63, 3.8) is 0 Å². The number of amides is 2. The van der Waals surface area contributed by atoms with Crippen LogP contribution in [0.15, 0.2) is 42.5 Å². The molecule has 24 heavy (non-hydrogen) atoms. The van der Waals surface area contributed by atoms with Crippen LogP contribution in [0.3, 0.4) is 0 Å². The highest BCUT2D eigenvalue weighted by atomic mass is 16.2. The van der Waals surface area contributed by atoms with Crippen LogP contribution >= 0.6 is 0 Å². The van der Waals surface area contributed by atoms with Crippen LogP contribution in [0, 0.1) is 6.92 Å². The number of urea groups is 1. The summed E-state index contributed by atoms with van der Waals surface area (Å²) >= 11 is 0. The summed E-state index contributed by atoms with van der Waals surface area (Å²) in [6.07, 6.45) is 3.42. The smallest absolute Gasteiger partial charge is 0.323 e. The molecule has 2 aromatic carbocycles. The summed E-state index contributed by atoms with van der Waals surface area (Å²) in [6.45, 7) is 6.36. The molecule has 1 aliphatic rings. The first-order chi connectivity index (χ1) is 11.7. The second-order valence-corrected chi connectivity index (χ2v) is 6.28. The van der Waals surface area contributed by atoms with Crippen LogP contribution in [0.1, 0.15) is 30.9 Å². The quantitative estimate of drug-likeness (QED) is 0.848. The molecule has 1 aliphatic heterocycles. The lowest BCUT2D eigenvalue weighted by Gasteiger charge is -2.18. The molecule has 0 spiro atoms. The van der Waals surface area contributed by atoms with Gasteiger partial charge in [-0.1, -0.05) is 25.1 Å². The van der Waals surface area contributed by atoms with Gasteiger partial charge in [0.25, 0.3) is 0 Å². The van der Waals surface area contributed by atoms with E-state index in [1.165, 1.54) is 18.5 Å². The third-order valence-electron chi connectivity index (χ3n) is 4.57. The zero-order chi connectivity index (χ0) is 16.9. The summed E-state index contributed by atoms with van der Waals surface area (Å²) in [5.41, 5.74) is 5.17. The Morgan fingerprint density at radius 3 is 2.42 bits per heavy atom. The van der Waals surface area contributed by atoms with E-state index in [9.17, 15) is 4.79 Å². The molecule has 1 heterocycles. The van der Waals surface area contributed by atoms with Crippen LogP contribution in [0.25, 0.3) is 0 Å².